The minimum atomic E-state index is -1.37. The molecule has 0 aromatic heterocycles. The van der Waals surface area contributed by atoms with E-state index in [9.17, 15) is 0 Å². The Morgan fingerprint density at radius 1 is 1.36 bits per heavy atom. The van der Waals surface area contributed by atoms with E-state index in [1.807, 2.05) is 0 Å². The minimum Gasteiger partial charge on any atom is -0.417 e. The Kier molecular flexibility index (Phi) is 5.82. The molecule has 0 saturated heterocycles. The average Bonchev–Trinajstić information content (AvgIpc) is 1.87. The van der Waals surface area contributed by atoms with Crippen molar-refractivity contribution in [1.82, 2.24) is 0 Å². The van der Waals surface area contributed by atoms with Gasteiger partial charge in [0.05, 0.1) is 0 Å². The van der Waals surface area contributed by atoms with E-state index in [-0.39, 0.29) is 0 Å². The molecular weight excluding hydrogens is 154 g/mol. The van der Waals surface area contributed by atoms with Crippen LogP contribution in [-0.4, -0.2) is 21.5 Å². The maximum Gasteiger partial charge on any atom is 0.187 e. The van der Waals surface area contributed by atoms with Crippen molar-refractivity contribution in [3.05, 3.63) is 0 Å². The van der Waals surface area contributed by atoms with Crippen LogP contribution >= 0.6 is 0 Å². The van der Waals surface area contributed by atoms with Crippen LogP contribution < -0.4 is 5.73 Å². The van der Waals surface area contributed by atoms with Crippen molar-refractivity contribution in [1.29, 1.82) is 0 Å². The first-order valence-electron chi connectivity index (χ1n) is 4.46. The molecule has 0 rings (SSSR count). The molecule has 0 amide bonds. The standard InChI is InChI=1S/C8H21NOSi/c1-4-5-7-10-11(2,3)8-6-9/h4-9H2,1-3H3. The molecule has 68 valence electrons. The highest BCUT2D eigenvalue weighted by Gasteiger charge is 2.20. The molecule has 0 aliphatic heterocycles. The summed E-state index contributed by atoms with van der Waals surface area (Å²) in [5, 5.41) is 0. The Bertz CT molecular complexity index is 96.1. The number of nitrogens with two attached hydrogens (primary N) is 1. The maximum atomic E-state index is 5.77. The van der Waals surface area contributed by atoms with Gasteiger partial charge in [0.15, 0.2) is 8.32 Å². The van der Waals surface area contributed by atoms with Gasteiger partial charge in [-0.2, -0.15) is 0 Å². The molecule has 0 aliphatic carbocycles. The summed E-state index contributed by atoms with van der Waals surface area (Å²) in [6.45, 7) is 8.34. The second-order valence-corrected chi connectivity index (χ2v) is 7.81. The van der Waals surface area contributed by atoms with E-state index in [4.69, 9.17) is 10.2 Å². The summed E-state index contributed by atoms with van der Waals surface area (Å²) in [6, 6.07) is 1.08. The molecule has 0 aromatic carbocycles. The van der Waals surface area contributed by atoms with Crippen LogP contribution in [0.15, 0.2) is 0 Å². The highest BCUT2D eigenvalue weighted by atomic mass is 28.4. The van der Waals surface area contributed by atoms with E-state index < -0.39 is 8.32 Å². The first-order chi connectivity index (χ1) is 5.12. The van der Waals surface area contributed by atoms with Crippen LogP contribution in [0.1, 0.15) is 19.8 Å². The molecule has 0 aliphatic rings. The normalized spacial score (nSPS) is 12.0. The molecule has 0 unspecified atom stereocenters. The Morgan fingerprint density at radius 3 is 2.45 bits per heavy atom. The second-order valence-electron chi connectivity index (χ2n) is 3.50. The van der Waals surface area contributed by atoms with Crippen LogP contribution in [-0.2, 0) is 4.43 Å². The number of unbranched alkanes of at least 4 members (excludes halogenated alkanes) is 1. The fraction of sp³-hybridized carbons (Fsp3) is 1.00. The van der Waals surface area contributed by atoms with Crippen molar-refractivity contribution >= 4 is 8.32 Å². The molecule has 2 nitrogen and oxygen atoms in total. The lowest BCUT2D eigenvalue weighted by Crippen LogP contribution is -2.33. The highest BCUT2D eigenvalue weighted by Crippen LogP contribution is 2.09. The first-order valence-corrected chi connectivity index (χ1v) is 7.58. The smallest absolute Gasteiger partial charge is 0.187 e. The summed E-state index contributed by atoms with van der Waals surface area (Å²) >= 11 is 0. The van der Waals surface area contributed by atoms with Gasteiger partial charge in [-0.15, -0.1) is 0 Å². The van der Waals surface area contributed by atoms with Gasteiger partial charge in [0.2, 0.25) is 0 Å². The maximum absolute atomic E-state index is 5.77. The number of hydrogen-bond acceptors (Lipinski definition) is 2. The molecule has 0 bridgehead atoms. The van der Waals surface area contributed by atoms with Crippen molar-refractivity contribution in [2.24, 2.45) is 5.73 Å². The van der Waals surface area contributed by atoms with Crippen LogP contribution in [0.25, 0.3) is 0 Å². The quantitative estimate of drug-likeness (QED) is 0.495. The van der Waals surface area contributed by atoms with Gasteiger partial charge in [-0.3, -0.25) is 0 Å². The summed E-state index contributed by atoms with van der Waals surface area (Å²) in [5.74, 6) is 0. The fourth-order valence-electron chi connectivity index (χ4n) is 0.913. The summed E-state index contributed by atoms with van der Waals surface area (Å²) in [7, 11) is -1.37. The average molecular weight is 175 g/mol. The summed E-state index contributed by atoms with van der Waals surface area (Å²) in [4.78, 5) is 0. The van der Waals surface area contributed by atoms with Gasteiger partial charge in [-0.1, -0.05) is 13.3 Å². The Hall–Kier alpha value is 0.137. The third-order valence-electron chi connectivity index (χ3n) is 1.74. The molecule has 0 aromatic rings. The van der Waals surface area contributed by atoms with Crippen molar-refractivity contribution in [2.45, 2.75) is 38.9 Å². The van der Waals surface area contributed by atoms with Gasteiger partial charge < -0.3 is 10.2 Å². The van der Waals surface area contributed by atoms with Crippen molar-refractivity contribution in [3.8, 4) is 0 Å². The topological polar surface area (TPSA) is 35.2 Å². The zero-order valence-electron chi connectivity index (χ0n) is 8.02. The Balaban J connectivity index is 3.38. The van der Waals surface area contributed by atoms with Gasteiger partial charge in [-0.05, 0) is 32.1 Å². The molecule has 0 saturated carbocycles. The predicted octanol–water partition coefficient (Wildman–Crippen LogP) is 1.97. The van der Waals surface area contributed by atoms with Gasteiger partial charge in [0.1, 0.15) is 0 Å². The Labute approximate surface area is 71.3 Å². The molecule has 0 heterocycles. The lowest BCUT2D eigenvalue weighted by molar-refractivity contribution is 0.299. The first kappa shape index (κ1) is 11.1. The summed E-state index contributed by atoms with van der Waals surface area (Å²) in [6.07, 6.45) is 2.40. The minimum absolute atomic E-state index is 0.769. The van der Waals surface area contributed by atoms with Crippen LogP contribution in [0, 0.1) is 0 Å². The van der Waals surface area contributed by atoms with Crippen molar-refractivity contribution < 1.29 is 4.43 Å². The van der Waals surface area contributed by atoms with E-state index in [0.717, 1.165) is 19.2 Å². The number of hydrogen-bond donors (Lipinski definition) is 1. The SMILES string of the molecule is CCCCO[Si](C)(C)CCN. The van der Waals surface area contributed by atoms with Crippen LogP contribution in [0.4, 0.5) is 0 Å². The monoisotopic (exact) mass is 175 g/mol. The molecule has 3 heteroatoms. The van der Waals surface area contributed by atoms with E-state index in [0.29, 0.717) is 0 Å². The molecule has 0 fully saturated rings. The largest absolute Gasteiger partial charge is 0.417 e. The third-order valence-corrected chi connectivity index (χ3v) is 4.22. The molecular formula is C8H21NOSi. The van der Waals surface area contributed by atoms with Gasteiger partial charge in [0, 0.05) is 6.61 Å². The van der Waals surface area contributed by atoms with Crippen LogP contribution in [0.3, 0.4) is 0 Å². The molecule has 0 radical (unpaired) electrons. The molecule has 0 atom stereocenters. The zero-order chi connectivity index (χ0) is 8.74. The van der Waals surface area contributed by atoms with Gasteiger partial charge in [0.25, 0.3) is 0 Å². The van der Waals surface area contributed by atoms with E-state index in [1.165, 1.54) is 12.8 Å². The van der Waals surface area contributed by atoms with Crippen molar-refractivity contribution in [3.63, 3.8) is 0 Å². The fourth-order valence-corrected chi connectivity index (χ4v) is 2.45. The van der Waals surface area contributed by atoms with E-state index in [2.05, 4.69) is 20.0 Å². The lowest BCUT2D eigenvalue weighted by Gasteiger charge is -2.21. The second kappa shape index (κ2) is 5.74. The van der Waals surface area contributed by atoms with Gasteiger partial charge >= 0.3 is 0 Å². The van der Waals surface area contributed by atoms with Crippen molar-refractivity contribution in [2.75, 3.05) is 13.2 Å². The third kappa shape index (κ3) is 6.53. The molecule has 11 heavy (non-hydrogen) atoms. The molecule has 0 spiro atoms. The van der Waals surface area contributed by atoms with E-state index >= 15 is 0 Å². The number of rotatable bonds is 6. The summed E-state index contributed by atoms with van der Waals surface area (Å²) < 4.78 is 5.77. The van der Waals surface area contributed by atoms with Crippen LogP contribution in [0.5, 0.6) is 0 Å². The predicted molar refractivity (Wildman–Crippen MR) is 52.2 cm³/mol. The van der Waals surface area contributed by atoms with Crippen LogP contribution in [0.2, 0.25) is 19.1 Å². The molecule has 2 N–H and O–H groups in total. The zero-order valence-corrected chi connectivity index (χ0v) is 9.02. The lowest BCUT2D eigenvalue weighted by atomic mass is 10.4. The summed E-state index contributed by atoms with van der Waals surface area (Å²) in [5.41, 5.74) is 5.47. The highest BCUT2D eigenvalue weighted by molar-refractivity contribution is 6.71. The van der Waals surface area contributed by atoms with E-state index in [1.54, 1.807) is 0 Å². The Morgan fingerprint density at radius 2 is 2.00 bits per heavy atom. The van der Waals surface area contributed by atoms with Gasteiger partial charge in [-0.25, -0.2) is 0 Å².